The standard InChI is InChI=1S/C19H28N2O3/c1-5-14-9-6-7-11-16(14)17(22)20-15-10-8-12-21(13-15)18(23)24-19(2,3)4/h6-7,9,11,15H,5,8,10,12-13H2,1-4H3,(H,20,22)/t15-/m1/s1. The van der Waals surface area contributed by atoms with Crippen molar-refractivity contribution in [2.45, 2.75) is 58.6 Å². The average molecular weight is 332 g/mol. The largest absolute Gasteiger partial charge is 0.444 e. The molecule has 24 heavy (non-hydrogen) atoms. The smallest absolute Gasteiger partial charge is 0.410 e. The van der Waals surface area contributed by atoms with Gasteiger partial charge in [0.25, 0.3) is 5.91 Å². The summed E-state index contributed by atoms with van der Waals surface area (Å²) in [4.78, 5) is 26.4. The van der Waals surface area contributed by atoms with Gasteiger partial charge < -0.3 is 15.0 Å². The molecule has 0 bridgehead atoms. The highest BCUT2D eigenvalue weighted by atomic mass is 16.6. The van der Waals surface area contributed by atoms with E-state index in [-0.39, 0.29) is 18.0 Å². The lowest BCUT2D eigenvalue weighted by atomic mass is 10.0. The third-order valence-corrected chi connectivity index (χ3v) is 4.05. The molecule has 1 aliphatic rings. The number of hydrogen-bond donors (Lipinski definition) is 1. The summed E-state index contributed by atoms with van der Waals surface area (Å²) in [5.74, 6) is -0.0662. The predicted molar refractivity (Wildman–Crippen MR) is 94.1 cm³/mol. The molecule has 5 nitrogen and oxygen atoms in total. The number of carbonyl (C=O) groups excluding carboxylic acids is 2. The average Bonchev–Trinajstić information content (AvgIpc) is 2.53. The van der Waals surface area contributed by atoms with Crippen molar-refractivity contribution in [1.29, 1.82) is 0 Å². The summed E-state index contributed by atoms with van der Waals surface area (Å²) in [7, 11) is 0. The van der Waals surface area contributed by atoms with E-state index in [0.29, 0.717) is 13.1 Å². The van der Waals surface area contributed by atoms with Gasteiger partial charge in [0.2, 0.25) is 0 Å². The minimum Gasteiger partial charge on any atom is -0.444 e. The molecule has 1 aliphatic heterocycles. The fourth-order valence-corrected chi connectivity index (χ4v) is 2.90. The number of nitrogens with zero attached hydrogens (tertiary/aromatic N) is 1. The zero-order chi connectivity index (χ0) is 17.7. The van der Waals surface area contributed by atoms with Crippen LogP contribution in [0.1, 0.15) is 56.5 Å². The Balaban J connectivity index is 1.97. The molecular formula is C19H28N2O3. The third-order valence-electron chi connectivity index (χ3n) is 4.05. The highest BCUT2D eigenvalue weighted by Crippen LogP contribution is 2.16. The second-order valence-electron chi connectivity index (χ2n) is 7.25. The number of nitrogens with one attached hydrogen (secondary N) is 1. The molecule has 2 rings (SSSR count). The van der Waals surface area contributed by atoms with Crippen molar-refractivity contribution < 1.29 is 14.3 Å². The zero-order valence-electron chi connectivity index (χ0n) is 15.1. The Morgan fingerprint density at radius 3 is 2.67 bits per heavy atom. The van der Waals surface area contributed by atoms with Crippen LogP contribution in [0, 0.1) is 0 Å². The van der Waals surface area contributed by atoms with Gasteiger partial charge in [-0.05, 0) is 51.7 Å². The Bertz CT molecular complexity index is 593. The minimum absolute atomic E-state index is 0.0383. The van der Waals surface area contributed by atoms with Crippen LogP contribution in [0.5, 0.6) is 0 Å². The Morgan fingerprint density at radius 2 is 2.00 bits per heavy atom. The number of amides is 2. The van der Waals surface area contributed by atoms with Crippen molar-refractivity contribution in [2.75, 3.05) is 13.1 Å². The normalized spacial score (nSPS) is 18.2. The fourth-order valence-electron chi connectivity index (χ4n) is 2.90. The Kier molecular flexibility index (Phi) is 5.86. The number of rotatable bonds is 3. The van der Waals surface area contributed by atoms with Crippen molar-refractivity contribution in [3.8, 4) is 0 Å². The molecule has 1 atom stereocenters. The van der Waals surface area contributed by atoms with Crippen molar-refractivity contribution in [3.05, 3.63) is 35.4 Å². The number of ether oxygens (including phenoxy) is 1. The highest BCUT2D eigenvalue weighted by Gasteiger charge is 2.28. The highest BCUT2D eigenvalue weighted by molar-refractivity contribution is 5.95. The van der Waals surface area contributed by atoms with Crippen LogP contribution in [-0.2, 0) is 11.2 Å². The number of hydrogen-bond acceptors (Lipinski definition) is 3. The van der Waals surface area contributed by atoms with Crippen molar-refractivity contribution in [3.63, 3.8) is 0 Å². The first kappa shape index (κ1) is 18.3. The van der Waals surface area contributed by atoms with Crippen LogP contribution < -0.4 is 5.32 Å². The second kappa shape index (κ2) is 7.69. The maximum absolute atomic E-state index is 12.6. The van der Waals surface area contributed by atoms with E-state index in [1.54, 1.807) is 4.90 Å². The van der Waals surface area contributed by atoms with E-state index in [2.05, 4.69) is 5.32 Å². The van der Waals surface area contributed by atoms with Crippen LogP contribution in [0.25, 0.3) is 0 Å². The summed E-state index contributed by atoms with van der Waals surface area (Å²) in [5, 5.41) is 3.07. The summed E-state index contributed by atoms with van der Waals surface area (Å²) in [6, 6.07) is 7.61. The van der Waals surface area contributed by atoms with E-state index in [1.807, 2.05) is 52.0 Å². The van der Waals surface area contributed by atoms with Gasteiger partial charge in [0, 0.05) is 24.7 Å². The van der Waals surface area contributed by atoms with Gasteiger partial charge >= 0.3 is 6.09 Å². The van der Waals surface area contributed by atoms with E-state index in [4.69, 9.17) is 4.74 Å². The molecule has 0 radical (unpaired) electrons. The van der Waals surface area contributed by atoms with Gasteiger partial charge in [0.1, 0.15) is 5.60 Å². The van der Waals surface area contributed by atoms with E-state index < -0.39 is 5.60 Å². The summed E-state index contributed by atoms with van der Waals surface area (Å²) in [5.41, 5.74) is 1.25. The third kappa shape index (κ3) is 4.98. The molecule has 1 saturated heterocycles. The van der Waals surface area contributed by atoms with Gasteiger partial charge in [-0.1, -0.05) is 25.1 Å². The topological polar surface area (TPSA) is 58.6 Å². The Morgan fingerprint density at radius 1 is 1.29 bits per heavy atom. The SMILES string of the molecule is CCc1ccccc1C(=O)N[C@@H]1CCCN(C(=O)OC(C)(C)C)C1. The second-order valence-corrected chi connectivity index (χ2v) is 7.25. The van der Waals surface area contributed by atoms with E-state index in [1.165, 1.54) is 0 Å². The molecule has 1 aromatic rings. The molecule has 2 amide bonds. The molecule has 0 unspecified atom stereocenters. The number of carbonyl (C=O) groups is 2. The first-order chi connectivity index (χ1) is 11.3. The maximum Gasteiger partial charge on any atom is 0.410 e. The van der Waals surface area contributed by atoms with E-state index >= 15 is 0 Å². The molecule has 0 spiro atoms. The van der Waals surface area contributed by atoms with E-state index in [0.717, 1.165) is 30.4 Å². The first-order valence-electron chi connectivity index (χ1n) is 8.67. The molecule has 0 aliphatic carbocycles. The quantitative estimate of drug-likeness (QED) is 0.923. The van der Waals surface area contributed by atoms with Crippen molar-refractivity contribution >= 4 is 12.0 Å². The molecule has 0 saturated carbocycles. The maximum atomic E-state index is 12.6. The lowest BCUT2D eigenvalue weighted by molar-refractivity contribution is 0.0185. The molecule has 1 heterocycles. The van der Waals surface area contributed by atoms with Gasteiger partial charge in [-0.25, -0.2) is 4.79 Å². The van der Waals surface area contributed by atoms with Crippen LogP contribution in [-0.4, -0.2) is 41.6 Å². The summed E-state index contributed by atoms with van der Waals surface area (Å²) >= 11 is 0. The lowest BCUT2D eigenvalue weighted by Crippen LogP contribution is -2.50. The number of piperidine rings is 1. The number of likely N-dealkylation sites (tertiary alicyclic amines) is 1. The van der Waals surface area contributed by atoms with Gasteiger partial charge in [-0.2, -0.15) is 0 Å². The zero-order valence-corrected chi connectivity index (χ0v) is 15.1. The molecular weight excluding hydrogens is 304 g/mol. The lowest BCUT2D eigenvalue weighted by Gasteiger charge is -2.34. The van der Waals surface area contributed by atoms with Crippen molar-refractivity contribution in [2.24, 2.45) is 0 Å². The van der Waals surface area contributed by atoms with Crippen LogP contribution in [0.15, 0.2) is 24.3 Å². The van der Waals surface area contributed by atoms with E-state index in [9.17, 15) is 9.59 Å². The van der Waals surface area contributed by atoms with Gasteiger partial charge in [0.05, 0.1) is 0 Å². The van der Waals surface area contributed by atoms with Gasteiger partial charge in [-0.3, -0.25) is 4.79 Å². The van der Waals surface area contributed by atoms with Crippen LogP contribution in [0.2, 0.25) is 0 Å². The number of aryl methyl sites for hydroxylation is 1. The fraction of sp³-hybridized carbons (Fsp3) is 0.579. The molecule has 5 heteroatoms. The van der Waals surface area contributed by atoms with Crippen LogP contribution in [0.4, 0.5) is 4.79 Å². The molecule has 132 valence electrons. The van der Waals surface area contributed by atoms with Crippen LogP contribution >= 0.6 is 0 Å². The summed E-state index contributed by atoms with van der Waals surface area (Å²) in [6.45, 7) is 8.78. The van der Waals surface area contributed by atoms with Crippen molar-refractivity contribution in [1.82, 2.24) is 10.2 Å². The van der Waals surface area contributed by atoms with Crippen LogP contribution in [0.3, 0.4) is 0 Å². The molecule has 1 N–H and O–H groups in total. The summed E-state index contributed by atoms with van der Waals surface area (Å²) in [6.07, 6.45) is 2.24. The summed E-state index contributed by atoms with van der Waals surface area (Å²) < 4.78 is 5.43. The first-order valence-corrected chi connectivity index (χ1v) is 8.67. The molecule has 1 fully saturated rings. The monoisotopic (exact) mass is 332 g/mol. The molecule has 0 aromatic heterocycles. The Hall–Kier alpha value is -2.04. The van der Waals surface area contributed by atoms with Gasteiger partial charge in [0.15, 0.2) is 0 Å². The predicted octanol–water partition coefficient (Wildman–Crippen LogP) is 3.38. The Labute approximate surface area is 144 Å². The number of benzene rings is 1. The van der Waals surface area contributed by atoms with Gasteiger partial charge in [-0.15, -0.1) is 0 Å². The molecule has 1 aromatic carbocycles. The minimum atomic E-state index is -0.507.